The van der Waals surface area contributed by atoms with Gasteiger partial charge in [-0.05, 0) is 41.8 Å². The molecule has 128 valence electrons. The number of methoxy groups -OCH3 is 1. The third-order valence-electron chi connectivity index (χ3n) is 3.87. The Hall–Kier alpha value is -2.40. The van der Waals surface area contributed by atoms with Crippen molar-refractivity contribution in [2.45, 2.75) is 31.9 Å². The number of carbonyl (C=O) groups excluding carboxylic acids is 1. The monoisotopic (exact) mass is 331 g/mol. The van der Waals surface area contributed by atoms with Gasteiger partial charge >= 0.3 is 0 Å². The topological polar surface area (TPSA) is 58.6 Å². The van der Waals surface area contributed by atoms with Crippen LogP contribution in [0.2, 0.25) is 0 Å². The number of carbonyl (C=O) groups is 1. The second-order valence-corrected chi connectivity index (χ2v) is 5.58. The molecule has 2 N–H and O–H groups in total. The molecule has 0 fully saturated rings. The van der Waals surface area contributed by atoms with Crippen LogP contribution in [-0.4, -0.2) is 18.1 Å². The number of hydrogen-bond acceptors (Lipinski definition) is 3. The van der Waals surface area contributed by atoms with Crippen LogP contribution >= 0.6 is 0 Å². The van der Waals surface area contributed by atoms with E-state index in [0.29, 0.717) is 12.0 Å². The molecule has 2 unspecified atom stereocenters. The summed E-state index contributed by atoms with van der Waals surface area (Å²) >= 11 is 0. The standard InChI is InChI=1S/C19H22FNO3/c1-3-17(13-7-9-16(24-2)10-8-13)21-19(23)12-18(22)14-5-4-6-15(20)11-14/h4-11,17-18,22H,3,12H2,1-2H3,(H,21,23). The summed E-state index contributed by atoms with van der Waals surface area (Å²) in [5, 5.41) is 13.0. The van der Waals surface area contributed by atoms with Crippen LogP contribution in [0.5, 0.6) is 5.75 Å². The molecule has 0 aliphatic carbocycles. The van der Waals surface area contributed by atoms with Crippen molar-refractivity contribution in [2.24, 2.45) is 0 Å². The highest BCUT2D eigenvalue weighted by atomic mass is 19.1. The lowest BCUT2D eigenvalue weighted by Crippen LogP contribution is -2.29. The Balaban J connectivity index is 1.98. The van der Waals surface area contributed by atoms with Crippen molar-refractivity contribution in [2.75, 3.05) is 7.11 Å². The number of aliphatic hydroxyl groups excluding tert-OH is 1. The largest absolute Gasteiger partial charge is 0.497 e. The van der Waals surface area contributed by atoms with Gasteiger partial charge < -0.3 is 15.2 Å². The van der Waals surface area contributed by atoms with Gasteiger partial charge in [0.15, 0.2) is 0 Å². The molecular formula is C19H22FNO3. The van der Waals surface area contributed by atoms with Crippen molar-refractivity contribution < 1.29 is 19.0 Å². The predicted octanol–water partition coefficient (Wildman–Crippen LogP) is 3.53. The minimum absolute atomic E-state index is 0.115. The highest BCUT2D eigenvalue weighted by Gasteiger charge is 2.17. The Kier molecular flexibility index (Phi) is 6.32. The molecule has 24 heavy (non-hydrogen) atoms. The SMILES string of the molecule is CCC(NC(=O)CC(O)c1cccc(F)c1)c1ccc(OC)cc1. The lowest BCUT2D eigenvalue weighted by atomic mass is 10.0. The number of hydrogen-bond donors (Lipinski definition) is 2. The van der Waals surface area contributed by atoms with Crippen molar-refractivity contribution >= 4 is 5.91 Å². The van der Waals surface area contributed by atoms with Crippen molar-refractivity contribution in [3.8, 4) is 5.75 Å². The predicted molar refractivity (Wildman–Crippen MR) is 90.1 cm³/mol. The summed E-state index contributed by atoms with van der Waals surface area (Å²) < 4.78 is 18.3. The Bertz CT molecular complexity index is 673. The molecule has 2 atom stereocenters. The smallest absolute Gasteiger partial charge is 0.223 e. The average Bonchev–Trinajstić information content (AvgIpc) is 2.59. The van der Waals surface area contributed by atoms with Crippen molar-refractivity contribution in [1.82, 2.24) is 5.32 Å². The van der Waals surface area contributed by atoms with Crippen LogP contribution in [0.1, 0.15) is 43.0 Å². The van der Waals surface area contributed by atoms with E-state index in [4.69, 9.17) is 4.74 Å². The molecule has 0 aliphatic heterocycles. The van der Waals surface area contributed by atoms with Crippen LogP contribution in [0.3, 0.4) is 0 Å². The first kappa shape index (κ1) is 17.9. The van der Waals surface area contributed by atoms with Crippen molar-refractivity contribution in [1.29, 1.82) is 0 Å². The van der Waals surface area contributed by atoms with Gasteiger partial charge in [0.25, 0.3) is 0 Å². The van der Waals surface area contributed by atoms with Gasteiger partial charge in [0.05, 0.1) is 25.7 Å². The van der Waals surface area contributed by atoms with Gasteiger partial charge in [0, 0.05) is 0 Å². The molecule has 0 heterocycles. The summed E-state index contributed by atoms with van der Waals surface area (Å²) in [5.41, 5.74) is 1.36. The summed E-state index contributed by atoms with van der Waals surface area (Å²) in [5.74, 6) is 0.0347. The minimum Gasteiger partial charge on any atom is -0.497 e. The Morgan fingerprint density at radius 3 is 2.50 bits per heavy atom. The number of amides is 1. The van der Waals surface area contributed by atoms with E-state index < -0.39 is 11.9 Å². The molecule has 5 heteroatoms. The van der Waals surface area contributed by atoms with E-state index in [9.17, 15) is 14.3 Å². The second kappa shape index (κ2) is 8.45. The number of benzene rings is 2. The van der Waals surface area contributed by atoms with Crippen LogP contribution in [0, 0.1) is 5.82 Å². The summed E-state index contributed by atoms with van der Waals surface area (Å²) in [6.45, 7) is 1.97. The van der Waals surface area contributed by atoms with Crippen LogP contribution < -0.4 is 10.1 Å². The summed E-state index contributed by atoms with van der Waals surface area (Å²) in [7, 11) is 1.60. The molecule has 1 amide bonds. The molecule has 0 aliphatic rings. The third kappa shape index (κ3) is 4.80. The maximum atomic E-state index is 13.2. The quantitative estimate of drug-likeness (QED) is 0.816. The Labute approximate surface area is 141 Å². The summed E-state index contributed by atoms with van der Waals surface area (Å²) in [6, 6.07) is 13.0. The van der Waals surface area contributed by atoms with E-state index in [1.807, 2.05) is 31.2 Å². The molecule has 0 saturated carbocycles. The highest BCUT2D eigenvalue weighted by Crippen LogP contribution is 2.22. The van der Waals surface area contributed by atoms with Gasteiger partial charge in [0.2, 0.25) is 5.91 Å². The first-order chi connectivity index (χ1) is 11.5. The zero-order valence-corrected chi connectivity index (χ0v) is 13.8. The molecule has 0 saturated heterocycles. The average molecular weight is 331 g/mol. The van der Waals surface area contributed by atoms with Crippen LogP contribution in [0.4, 0.5) is 4.39 Å². The van der Waals surface area contributed by atoms with Gasteiger partial charge in [-0.15, -0.1) is 0 Å². The number of aliphatic hydroxyl groups is 1. The van der Waals surface area contributed by atoms with Gasteiger partial charge in [-0.1, -0.05) is 31.2 Å². The first-order valence-electron chi connectivity index (χ1n) is 7.90. The molecule has 0 spiro atoms. The van der Waals surface area contributed by atoms with Gasteiger partial charge in [0.1, 0.15) is 11.6 Å². The van der Waals surface area contributed by atoms with Crippen LogP contribution in [0.25, 0.3) is 0 Å². The lowest BCUT2D eigenvalue weighted by Gasteiger charge is -2.19. The van der Waals surface area contributed by atoms with Crippen molar-refractivity contribution in [3.05, 3.63) is 65.5 Å². The number of ether oxygens (including phenoxy) is 1. The Morgan fingerprint density at radius 2 is 1.92 bits per heavy atom. The summed E-state index contributed by atoms with van der Waals surface area (Å²) in [6.07, 6.45) is -0.432. The fourth-order valence-electron chi connectivity index (χ4n) is 2.52. The van der Waals surface area contributed by atoms with Gasteiger partial charge in [-0.2, -0.15) is 0 Å². The molecule has 0 aromatic heterocycles. The fraction of sp³-hybridized carbons (Fsp3) is 0.316. The fourth-order valence-corrected chi connectivity index (χ4v) is 2.52. The first-order valence-corrected chi connectivity index (χ1v) is 7.90. The van der Waals surface area contributed by atoms with E-state index in [1.165, 1.54) is 18.2 Å². The van der Waals surface area contributed by atoms with Crippen LogP contribution in [-0.2, 0) is 4.79 Å². The zero-order valence-electron chi connectivity index (χ0n) is 13.8. The molecule has 2 aromatic carbocycles. The molecule has 2 aromatic rings. The van der Waals surface area contributed by atoms with E-state index in [1.54, 1.807) is 13.2 Å². The van der Waals surface area contributed by atoms with Gasteiger partial charge in [-0.3, -0.25) is 4.79 Å². The van der Waals surface area contributed by atoms with Gasteiger partial charge in [-0.25, -0.2) is 4.39 Å². The maximum absolute atomic E-state index is 13.2. The maximum Gasteiger partial charge on any atom is 0.223 e. The Morgan fingerprint density at radius 1 is 1.21 bits per heavy atom. The third-order valence-corrected chi connectivity index (χ3v) is 3.87. The minimum atomic E-state index is -1.03. The van der Waals surface area contributed by atoms with Crippen molar-refractivity contribution in [3.63, 3.8) is 0 Å². The normalized spacial score (nSPS) is 13.2. The highest BCUT2D eigenvalue weighted by molar-refractivity contribution is 5.77. The molecule has 0 bridgehead atoms. The zero-order chi connectivity index (χ0) is 17.5. The molecule has 0 radical (unpaired) electrons. The number of halogens is 1. The molecule has 2 rings (SSSR count). The van der Waals surface area contributed by atoms with E-state index in [-0.39, 0.29) is 18.4 Å². The van der Waals surface area contributed by atoms with E-state index in [0.717, 1.165) is 11.3 Å². The molecule has 4 nitrogen and oxygen atoms in total. The van der Waals surface area contributed by atoms with E-state index >= 15 is 0 Å². The number of rotatable bonds is 7. The number of nitrogens with one attached hydrogen (secondary N) is 1. The lowest BCUT2D eigenvalue weighted by molar-refractivity contribution is -0.123. The molecular weight excluding hydrogens is 309 g/mol. The van der Waals surface area contributed by atoms with Crippen LogP contribution in [0.15, 0.2) is 48.5 Å². The second-order valence-electron chi connectivity index (χ2n) is 5.58. The summed E-state index contributed by atoms with van der Waals surface area (Å²) in [4.78, 5) is 12.2. The van der Waals surface area contributed by atoms with E-state index in [2.05, 4.69) is 5.32 Å².